The molecule has 0 fully saturated rings. The monoisotopic (exact) mass is 386 g/mol. The Morgan fingerprint density at radius 1 is 1.30 bits per heavy atom. The van der Waals surface area contributed by atoms with E-state index in [1.807, 2.05) is 36.6 Å². The van der Waals surface area contributed by atoms with Crippen molar-refractivity contribution in [2.75, 3.05) is 13.7 Å². The second-order valence-electron chi connectivity index (χ2n) is 6.24. The zero-order valence-electron chi connectivity index (χ0n) is 15.8. The molecule has 27 heavy (non-hydrogen) atoms. The third-order valence-electron chi connectivity index (χ3n) is 4.39. The van der Waals surface area contributed by atoms with Crippen molar-refractivity contribution in [1.82, 2.24) is 9.55 Å². The van der Waals surface area contributed by atoms with Crippen LogP contribution in [-0.2, 0) is 9.53 Å². The lowest BCUT2D eigenvalue weighted by molar-refractivity contribution is -0.147. The topological polar surface area (TPSA) is 70.4 Å². The van der Waals surface area contributed by atoms with Crippen LogP contribution in [0.4, 0.5) is 0 Å². The number of aryl methyl sites for hydroxylation is 1. The first-order valence-electron chi connectivity index (χ1n) is 8.79. The maximum Gasteiger partial charge on any atom is 0.329 e. The van der Waals surface area contributed by atoms with Crippen molar-refractivity contribution >= 4 is 27.5 Å². The molecule has 0 aliphatic heterocycles. The number of nitrogens with zero attached hydrogens (tertiary/aromatic N) is 2. The van der Waals surface area contributed by atoms with Gasteiger partial charge in [-0.15, -0.1) is 11.3 Å². The Morgan fingerprint density at radius 2 is 2.00 bits per heavy atom. The number of methoxy groups -OCH3 is 1. The van der Waals surface area contributed by atoms with E-state index in [0.717, 1.165) is 23.3 Å². The first kappa shape index (κ1) is 19.1. The van der Waals surface area contributed by atoms with Crippen LogP contribution in [0.25, 0.3) is 21.3 Å². The van der Waals surface area contributed by atoms with Gasteiger partial charge in [-0.25, -0.2) is 9.78 Å². The molecule has 0 aliphatic rings. The van der Waals surface area contributed by atoms with Gasteiger partial charge < -0.3 is 9.47 Å². The Kier molecular flexibility index (Phi) is 5.60. The molecule has 0 aliphatic carbocycles. The summed E-state index contributed by atoms with van der Waals surface area (Å²) in [6, 6.07) is 6.78. The highest BCUT2D eigenvalue weighted by molar-refractivity contribution is 7.17. The number of fused-ring (bicyclic) bond motifs is 1. The molecule has 3 rings (SSSR count). The van der Waals surface area contributed by atoms with Crippen LogP contribution in [0.2, 0.25) is 0 Å². The van der Waals surface area contributed by atoms with Crippen molar-refractivity contribution in [1.29, 1.82) is 0 Å². The van der Waals surface area contributed by atoms with E-state index >= 15 is 0 Å². The van der Waals surface area contributed by atoms with E-state index in [0.29, 0.717) is 22.6 Å². The lowest BCUT2D eigenvalue weighted by atomic mass is 10.1. The molecule has 142 valence electrons. The van der Waals surface area contributed by atoms with Gasteiger partial charge in [0, 0.05) is 10.9 Å². The summed E-state index contributed by atoms with van der Waals surface area (Å²) in [6.45, 7) is 5.66. The maximum atomic E-state index is 13.2. The molecule has 0 bridgehead atoms. The molecular formula is C20H22N2O4S. The fourth-order valence-corrected chi connectivity index (χ4v) is 3.96. The number of carbonyl (C=O) groups excluding carboxylic acids is 1. The largest absolute Gasteiger partial charge is 0.497 e. The molecule has 0 spiro atoms. The van der Waals surface area contributed by atoms with E-state index in [9.17, 15) is 9.59 Å². The highest BCUT2D eigenvalue weighted by atomic mass is 32.1. The van der Waals surface area contributed by atoms with Crippen LogP contribution in [0.3, 0.4) is 0 Å². The van der Waals surface area contributed by atoms with Crippen LogP contribution >= 0.6 is 11.3 Å². The smallest absolute Gasteiger partial charge is 0.329 e. The second-order valence-corrected chi connectivity index (χ2v) is 7.09. The minimum atomic E-state index is -0.732. The van der Waals surface area contributed by atoms with Crippen molar-refractivity contribution in [3.63, 3.8) is 0 Å². The Labute approximate surface area is 161 Å². The molecule has 0 N–H and O–H groups in total. The number of aromatic nitrogens is 2. The number of hydrogen-bond donors (Lipinski definition) is 0. The third kappa shape index (κ3) is 3.60. The van der Waals surface area contributed by atoms with Gasteiger partial charge in [-0.2, -0.15) is 0 Å². The molecule has 6 nitrogen and oxygen atoms in total. The van der Waals surface area contributed by atoms with Crippen LogP contribution in [0.5, 0.6) is 5.75 Å². The van der Waals surface area contributed by atoms with Gasteiger partial charge >= 0.3 is 5.97 Å². The summed E-state index contributed by atoms with van der Waals surface area (Å²) in [5.41, 5.74) is 1.47. The van der Waals surface area contributed by atoms with Gasteiger partial charge in [0.05, 0.1) is 19.1 Å². The summed E-state index contributed by atoms with van der Waals surface area (Å²) in [5, 5.41) is 2.44. The summed E-state index contributed by atoms with van der Waals surface area (Å²) >= 11 is 1.42. The van der Waals surface area contributed by atoms with E-state index in [1.165, 1.54) is 15.9 Å². The molecule has 3 aromatic rings. The number of thiophene rings is 1. The van der Waals surface area contributed by atoms with Gasteiger partial charge in [0.2, 0.25) is 0 Å². The predicted octanol–water partition coefficient (Wildman–Crippen LogP) is 3.96. The van der Waals surface area contributed by atoms with E-state index in [-0.39, 0.29) is 5.56 Å². The summed E-state index contributed by atoms with van der Waals surface area (Å²) in [7, 11) is 1.61. The quantitative estimate of drug-likeness (QED) is 0.600. The fourth-order valence-electron chi connectivity index (χ4n) is 2.97. The number of benzene rings is 1. The van der Waals surface area contributed by atoms with Crippen LogP contribution in [0, 0.1) is 6.92 Å². The van der Waals surface area contributed by atoms with Gasteiger partial charge in [-0.3, -0.25) is 9.36 Å². The molecule has 0 radical (unpaired) electrons. The van der Waals surface area contributed by atoms with Crippen molar-refractivity contribution in [2.24, 2.45) is 0 Å². The first-order valence-corrected chi connectivity index (χ1v) is 9.67. The predicted molar refractivity (Wildman–Crippen MR) is 107 cm³/mol. The van der Waals surface area contributed by atoms with Crippen molar-refractivity contribution in [2.45, 2.75) is 33.2 Å². The van der Waals surface area contributed by atoms with Crippen molar-refractivity contribution < 1.29 is 14.3 Å². The normalized spacial score (nSPS) is 12.1. The zero-order chi connectivity index (χ0) is 19.6. The van der Waals surface area contributed by atoms with Gasteiger partial charge in [0.25, 0.3) is 5.56 Å². The molecule has 1 atom stereocenters. The van der Waals surface area contributed by atoms with Crippen LogP contribution < -0.4 is 10.3 Å². The summed E-state index contributed by atoms with van der Waals surface area (Å²) in [6.07, 6.45) is 0.732. The minimum absolute atomic E-state index is 0.231. The van der Waals surface area contributed by atoms with Gasteiger partial charge in [-0.1, -0.05) is 19.1 Å². The lowest BCUT2D eigenvalue weighted by Crippen LogP contribution is -2.32. The molecule has 0 amide bonds. The second kappa shape index (κ2) is 7.92. The summed E-state index contributed by atoms with van der Waals surface area (Å²) < 4.78 is 11.8. The zero-order valence-corrected chi connectivity index (χ0v) is 16.6. The molecule has 0 saturated heterocycles. The van der Waals surface area contributed by atoms with Crippen LogP contribution in [0.1, 0.15) is 32.1 Å². The molecule has 2 aromatic heterocycles. The number of hydrogen-bond acceptors (Lipinski definition) is 6. The molecule has 0 saturated carbocycles. The van der Waals surface area contributed by atoms with Crippen molar-refractivity contribution in [3.05, 3.63) is 45.8 Å². The van der Waals surface area contributed by atoms with Crippen LogP contribution in [0.15, 0.2) is 34.4 Å². The molecular weight excluding hydrogens is 364 g/mol. The lowest BCUT2D eigenvalue weighted by Gasteiger charge is -2.16. The molecule has 7 heteroatoms. The molecule has 2 heterocycles. The van der Waals surface area contributed by atoms with Crippen LogP contribution in [-0.4, -0.2) is 29.2 Å². The number of ether oxygens (including phenoxy) is 2. The Hall–Kier alpha value is -2.67. The average molecular weight is 386 g/mol. The van der Waals surface area contributed by atoms with E-state index in [2.05, 4.69) is 4.98 Å². The fraction of sp³-hybridized carbons (Fsp3) is 0.350. The Balaban J connectivity index is 2.11. The number of carbonyl (C=O) groups is 1. The summed E-state index contributed by atoms with van der Waals surface area (Å²) in [5.74, 6) is 0.818. The van der Waals surface area contributed by atoms with Gasteiger partial charge in [0.15, 0.2) is 0 Å². The van der Waals surface area contributed by atoms with E-state index < -0.39 is 12.0 Å². The van der Waals surface area contributed by atoms with Gasteiger partial charge in [0.1, 0.15) is 22.4 Å². The summed E-state index contributed by atoms with van der Waals surface area (Å²) in [4.78, 5) is 30.7. The maximum absolute atomic E-state index is 13.2. The molecule has 1 unspecified atom stereocenters. The number of esters is 1. The van der Waals surface area contributed by atoms with Gasteiger partial charge in [-0.05, 0) is 38.0 Å². The highest BCUT2D eigenvalue weighted by Gasteiger charge is 2.23. The highest BCUT2D eigenvalue weighted by Crippen LogP contribution is 2.32. The van der Waals surface area contributed by atoms with Crippen molar-refractivity contribution in [3.8, 4) is 16.9 Å². The standard InChI is InChI=1S/C20H22N2O4S/c1-5-10-26-20(24)12(2)22-13(3)21-18-17(19(22)23)16(11-27-18)14-6-8-15(25-4)9-7-14/h6-9,11-12H,5,10H2,1-4H3. The van der Waals surface area contributed by atoms with E-state index in [4.69, 9.17) is 9.47 Å². The average Bonchev–Trinajstić information content (AvgIpc) is 3.09. The SMILES string of the molecule is CCCOC(=O)C(C)n1c(C)nc2scc(-c3ccc(OC)cc3)c2c1=O. The first-order chi connectivity index (χ1) is 13.0. The molecule has 1 aromatic carbocycles. The minimum Gasteiger partial charge on any atom is -0.497 e. The van der Waals surface area contributed by atoms with E-state index in [1.54, 1.807) is 21.0 Å². The Bertz CT molecular complexity index is 1020. The Morgan fingerprint density at radius 3 is 2.63 bits per heavy atom. The number of rotatable bonds is 6. The third-order valence-corrected chi connectivity index (χ3v) is 5.27.